The van der Waals surface area contributed by atoms with E-state index in [4.69, 9.17) is 4.74 Å². The lowest BCUT2D eigenvalue weighted by molar-refractivity contribution is 0.0784. The van der Waals surface area contributed by atoms with Crippen LogP contribution in [0.3, 0.4) is 0 Å². The van der Waals surface area contributed by atoms with Crippen LogP contribution in [0.5, 0.6) is 0 Å². The zero-order valence-electron chi connectivity index (χ0n) is 15.8. The van der Waals surface area contributed by atoms with E-state index in [9.17, 15) is 4.79 Å². The number of carbonyl (C=O) groups excluding carboxylic acids is 1. The molecule has 146 valence electrons. The van der Waals surface area contributed by atoms with Gasteiger partial charge in [0.05, 0.1) is 0 Å². The Hall–Kier alpha value is -1.89. The Bertz CT molecular complexity index is 675. The summed E-state index contributed by atoms with van der Waals surface area (Å²) in [4.78, 5) is 26.0. The number of hydrogen-bond donors (Lipinski definition) is 1. The Labute approximate surface area is 160 Å². The average Bonchev–Trinajstić information content (AvgIpc) is 3.20. The maximum absolute atomic E-state index is 12.6. The predicted molar refractivity (Wildman–Crippen MR) is 102 cm³/mol. The smallest absolute Gasteiger partial charge is 0.317 e. The van der Waals surface area contributed by atoms with Crippen molar-refractivity contribution in [2.45, 2.75) is 44.1 Å². The van der Waals surface area contributed by atoms with Crippen LogP contribution in [0, 0.1) is 11.8 Å². The van der Waals surface area contributed by atoms with Crippen molar-refractivity contribution in [1.82, 2.24) is 20.2 Å². The highest BCUT2D eigenvalue weighted by Crippen LogP contribution is 2.37. The molecule has 4 heterocycles. The van der Waals surface area contributed by atoms with E-state index in [1.165, 1.54) is 25.0 Å². The van der Waals surface area contributed by atoms with Crippen LogP contribution in [-0.4, -0.2) is 66.3 Å². The first kappa shape index (κ1) is 17.2. The Balaban J connectivity index is 1.17. The molecular weight excluding hydrogens is 342 g/mol. The second-order valence-electron chi connectivity index (χ2n) is 8.60. The Kier molecular flexibility index (Phi) is 4.63. The van der Waals surface area contributed by atoms with Gasteiger partial charge >= 0.3 is 6.03 Å². The van der Waals surface area contributed by atoms with Crippen molar-refractivity contribution < 1.29 is 9.53 Å². The molecule has 0 radical (unpaired) electrons. The molecule has 1 aromatic rings. The van der Waals surface area contributed by atoms with E-state index in [-0.39, 0.29) is 12.1 Å². The minimum absolute atomic E-state index is 0.108. The van der Waals surface area contributed by atoms with Crippen molar-refractivity contribution in [2.24, 2.45) is 11.8 Å². The molecule has 0 aromatic carbocycles. The molecule has 2 atom stereocenters. The van der Waals surface area contributed by atoms with Gasteiger partial charge < -0.3 is 19.9 Å². The number of carbonyl (C=O) groups is 1. The van der Waals surface area contributed by atoms with Crippen molar-refractivity contribution in [1.29, 1.82) is 0 Å². The number of urea groups is 1. The number of nitrogens with zero attached hydrogens (tertiary/aromatic N) is 4. The van der Waals surface area contributed by atoms with Crippen molar-refractivity contribution >= 4 is 11.8 Å². The summed E-state index contributed by atoms with van der Waals surface area (Å²) < 4.78 is 5.37. The third kappa shape index (κ3) is 3.49. The summed E-state index contributed by atoms with van der Waals surface area (Å²) in [6.45, 7) is 5.22. The second-order valence-corrected chi connectivity index (χ2v) is 8.60. The lowest BCUT2D eigenvalue weighted by atomic mass is 9.83. The summed E-state index contributed by atoms with van der Waals surface area (Å²) >= 11 is 0. The molecule has 1 aromatic heterocycles. The largest absolute Gasteiger partial charge is 0.381 e. The Morgan fingerprint density at radius 3 is 2.44 bits per heavy atom. The molecule has 1 N–H and O–H groups in total. The number of aromatic nitrogens is 2. The molecule has 3 saturated heterocycles. The first-order valence-corrected chi connectivity index (χ1v) is 10.5. The Morgan fingerprint density at radius 1 is 1.04 bits per heavy atom. The van der Waals surface area contributed by atoms with E-state index in [0.29, 0.717) is 17.8 Å². The van der Waals surface area contributed by atoms with Gasteiger partial charge in [-0.25, -0.2) is 14.8 Å². The van der Waals surface area contributed by atoms with Gasteiger partial charge in [0.2, 0.25) is 0 Å². The minimum atomic E-state index is 0.108. The fraction of sp³-hybridized carbons (Fsp3) is 0.750. The predicted octanol–water partition coefficient (Wildman–Crippen LogP) is 2.00. The van der Waals surface area contributed by atoms with E-state index in [1.807, 2.05) is 4.90 Å². The molecule has 7 heteroatoms. The molecule has 0 spiro atoms. The first-order chi connectivity index (χ1) is 13.3. The van der Waals surface area contributed by atoms with Gasteiger partial charge in [-0.15, -0.1) is 0 Å². The number of likely N-dealkylation sites (tertiary alicyclic amines) is 1. The van der Waals surface area contributed by atoms with Crippen LogP contribution < -0.4 is 10.2 Å². The topological polar surface area (TPSA) is 70.6 Å². The highest BCUT2D eigenvalue weighted by molar-refractivity contribution is 5.75. The summed E-state index contributed by atoms with van der Waals surface area (Å²) in [7, 11) is 0. The van der Waals surface area contributed by atoms with Gasteiger partial charge in [-0.3, -0.25) is 0 Å². The summed E-state index contributed by atoms with van der Waals surface area (Å²) in [5.74, 6) is 2.80. The van der Waals surface area contributed by atoms with Gasteiger partial charge in [-0.05, 0) is 25.7 Å². The van der Waals surface area contributed by atoms with E-state index in [2.05, 4.69) is 26.3 Å². The van der Waals surface area contributed by atoms with Crippen LogP contribution in [0.4, 0.5) is 10.6 Å². The Morgan fingerprint density at radius 2 is 1.78 bits per heavy atom. The standard InChI is InChI=1S/C20H29N5O2/c26-20(23-17-4-6-27-7-5-17)25-11-15-9-24(10-16(15)12-25)19-8-18(21-13-22-19)14-2-1-3-14/h8,13-17H,1-7,9-12H2,(H,23,26). The summed E-state index contributed by atoms with van der Waals surface area (Å²) in [5, 5.41) is 3.20. The molecule has 1 aliphatic carbocycles. The fourth-order valence-corrected chi connectivity index (χ4v) is 4.92. The summed E-state index contributed by atoms with van der Waals surface area (Å²) in [6.07, 6.45) is 7.43. The lowest BCUT2D eigenvalue weighted by Gasteiger charge is -2.28. The number of fused-ring (bicyclic) bond motifs is 1. The highest BCUT2D eigenvalue weighted by Gasteiger charge is 2.42. The van der Waals surface area contributed by atoms with E-state index in [1.54, 1.807) is 6.33 Å². The van der Waals surface area contributed by atoms with Crippen molar-refractivity contribution in [3.8, 4) is 0 Å². The quantitative estimate of drug-likeness (QED) is 0.880. The van der Waals surface area contributed by atoms with E-state index in [0.717, 1.165) is 58.1 Å². The van der Waals surface area contributed by atoms with Crippen molar-refractivity contribution in [3.63, 3.8) is 0 Å². The lowest BCUT2D eigenvalue weighted by Crippen LogP contribution is -2.46. The first-order valence-electron chi connectivity index (χ1n) is 10.5. The van der Waals surface area contributed by atoms with Gasteiger partial charge in [-0.2, -0.15) is 0 Å². The zero-order valence-corrected chi connectivity index (χ0v) is 15.8. The molecule has 7 nitrogen and oxygen atoms in total. The van der Waals surface area contributed by atoms with Gasteiger partial charge in [0.25, 0.3) is 0 Å². The molecule has 3 aliphatic heterocycles. The number of ether oxygens (including phenoxy) is 1. The molecule has 5 rings (SSSR count). The molecule has 1 saturated carbocycles. The van der Waals surface area contributed by atoms with Crippen LogP contribution in [0.25, 0.3) is 0 Å². The minimum Gasteiger partial charge on any atom is -0.381 e. The SMILES string of the molecule is O=C(NC1CCOCC1)N1CC2CN(c3cc(C4CCC4)ncn3)CC2C1. The fourth-order valence-electron chi connectivity index (χ4n) is 4.92. The molecule has 2 amide bonds. The molecular formula is C20H29N5O2. The third-order valence-corrected chi connectivity index (χ3v) is 6.84. The second kappa shape index (κ2) is 7.26. The number of rotatable bonds is 3. The van der Waals surface area contributed by atoms with Crippen LogP contribution in [-0.2, 0) is 4.74 Å². The normalized spacial score (nSPS) is 28.9. The monoisotopic (exact) mass is 371 g/mol. The van der Waals surface area contributed by atoms with Crippen LogP contribution >= 0.6 is 0 Å². The maximum atomic E-state index is 12.6. The third-order valence-electron chi connectivity index (χ3n) is 6.84. The molecule has 2 unspecified atom stereocenters. The molecule has 27 heavy (non-hydrogen) atoms. The van der Waals surface area contributed by atoms with Crippen LogP contribution in [0.1, 0.15) is 43.7 Å². The van der Waals surface area contributed by atoms with E-state index >= 15 is 0 Å². The highest BCUT2D eigenvalue weighted by atomic mass is 16.5. The molecule has 4 aliphatic rings. The number of anilines is 1. The van der Waals surface area contributed by atoms with Gasteiger partial charge in [0.1, 0.15) is 12.1 Å². The summed E-state index contributed by atoms with van der Waals surface area (Å²) in [5.41, 5.74) is 1.21. The number of amides is 2. The van der Waals surface area contributed by atoms with Gasteiger partial charge in [0, 0.05) is 74.9 Å². The number of nitrogens with one attached hydrogen (secondary N) is 1. The van der Waals surface area contributed by atoms with Gasteiger partial charge in [-0.1, -0.05) is 6.42 Å². The zero-order chi connectivity index (χ0) is 18.2. The average molecular weight is 371 g/mol. The molecule has 0 bridgehead atoms. The van der Waals surface area contributed by atoms with E-state index < -0.39 is 0 Å². The van der Waals surface area contributed by atoms with Crippen LogP contribution in [0.15, 0.2) is 12.4 Å². The van der Waals surface area contributed by atoms with Crippen LogP contribution in [0.2, 0.25) is 0 Å². The van der Waals surface area contributed by atoms with Crippen molar-refractivity contribution in [2.75, 3.05) is 44.3 Å². The van der Waals surface area contributed by atoms with Gasteiger partial charge in [0.15, 0.2) is 0 Å². The molecule has 4 fully saturated rings. The summed E-state index contributed by atoms with van der Waals surface area (Å²) in [6, 6.07) is 2.58. The van der Waals surface area contributed by atoms with Crippen molar-refractivity contribution in [3.05, 3.63) is 18.1 Å². The number of hydrogen-bond acceptors (Lipinski definition) is 5. The maximum Gasteiger partial charge on any atom is 0.317 e.